The molecule has 2 rings (SSSR count). The van der Waals surface area contributed by atoms with Gasteiger partial charge >= 0.3 is 0 Å². The number of halogens is 2. The maximum atomic E-state index is 13.1. The van der Waals surface area contributed by atoms with E-state index in [2.05, 4.69) is 4.98 Å². The molecular weight excluding hydrogens is 205 g/mol. The number of aromatic amines is 1. The minimum Gasteiger partial charge on any atom is -0.321 e. The van der Waals surface area contributed by atoms with Crippen molar-refractivity contribution in [3.05, 3.63) is 45.0 Å². The summed E-state index contributed by atoms with van der Waals surface area (Å²) < 4.78 is 13.1. The molecular formula is C10H7ClFNO. The predicted molar refractivity (Wildman–Crippen MR) is 54.3 cm³/mol. The molecule has 0 aliphatic rings. The number of pyridine rings is 1. The fraction of sp³-hybridized carbons (Fsp3) is 0.100. The lowest BCUT2D eigenvalue weighted by Crippen LogP contribution is -2.05. The van der Waals surface area contributed by atoms with Crippen LogP contribution in [0.4, 0.5) is 4.39 Å². The smallest absolute Gasteiger partial charge is 0.248 e. The van der Waals surface area contributed by atoms with Crippen LogP contribution in [0.25, 0.3) is 10.9 Å². The van der Waals surface area contributed by atoms with Crippen LogP contribution < -0.4 is 5.56 Å². The molecule has 0 saturated heterocycles. The number of rotatable bonds is 0. The highest BCUT2D eigenvalue weighted by Gasteiger charge is 2.07. The highest BCUT2D eigenvalue weighted by Crippen LogP contribution is 2.25. The van der Waals surface area contributed by atoms with Gasteiger partial charge in [0.1, 0.15) is 10.8 Å². The van der Waals surface area contributed by atoms with E-state index in [1.54, 1.807) is 13.0 Å². The van der Waals surface area contributed by atoms with Gasteiger partial charge in [0.25, 0.3) is 0 Å². The van der Waals surface area contributed by atoms with Crippen molar-refractivity contribution in [1.82, 2.24) is 4.98 Å². The van der Waals surface area contributed by atoms with Gasteiger partial charge in [0.15, 0.2) is 0 Å². The first kappa shape index (κ1) is 9.21. The van der Waals surface area contributed by atoms with Gasteiger partial charge in [0.05, 0.1) is 5.52 Å². The van der Waals surface area contributed by atoms with Gasteiger partial charge in [0.2, 0.25) is 5.56 Å². The van der Waals surface area contributed by atoms with Gasteiger partial charge in [-0.2, -0.15) is 0 Å². The van der Waals surface area contributed by atoms with Crippen LogP contribution in [0.3, 0.4) is 0 Å². The summed E-state index contributed by atoms with van der Waals surface area (Å²) in [6.45, 7) is 1.78. The van der Waals surface area contributed by atoms with Crippen LogP contribution >= 0.6 is 11.6 Å². The molecule has 0 spiro atoms. The molecule has 0 unspecified atom stereocenters. The Bertz CT molecular complexity index is 562. The summed E-state index contributed by atoms with van der Waals surface area (Å²) in [4.78, 5) is 13.6. The summed E-state index contributed by atoms with van der Waals surface area (Å²) in [5.74, 6) is -0.527. The monoisotopic (exact) mass is 211 g/mol. The van der Waals surface area contributed by atoms with E-state index in [1.165, 1.54) is 12.1 Å². The summed E-state index contributed by atoms with van der Waals surface area (Å²) in [5, 5.41) is 0.722. The zero-order valence-corrected chi connectivity index (χ0v) is 8.15. The highest BCUT2D eigenvalue weighted by molar-refractivity contribution is 6.35. The lowest BCUT2D eigenvalue weighted by molar-refractivity contribution is 0.629. The maximum Gasteiger partial charge on any atom is 0.248 e. The van der Waals surface area contributed by atoms with Crippen molar-refractivity contribution >= 4 is 22.5 Å². The van der Waals surface area contributed by atoms with E-state index in [-0.39, 0.29) is 10.6 Å². The fourth-order valence-electron chi connectivity index (χ4n) is 1.44. The van der Waals surface area contributed by atoms with Crippen molar-refractivity contribution in [2.45, 2.75) is 6.92 Å². The third-order valence-corrected chi connectivity index (χ3v) is 2.48. The summed E-state index contributed by atoms with van der Waals surface area (Å²) in [7, 11) is 0. The van der Waals surface area contributed by atoms with Crippen LogP contribution in [0.5, 0.6) is 0 Å². The summed E-state index contributed by atoms with van der Waals surface area (Å²) >= 11 is 5.72. The average Bonchev–Trinajstić information content (AvgIpc) is 2.12. The number of aromatic nitrogens is 1. The molecule has 1 aromatic carbocycles. The van der Waals surface area contributed by atoms with E-state index >= 15 is 0 Å². The second-order valence-corrected chi connectivity index (χ2v) is 3.48. The molecule has 1 heterocycles. The van der Waals surface area contributed by atoms with E-state index in [4.69, 9.17) is 11.6 Å². The van der Waals surface area contributed by atoms with Crippen molar-refractivity contribution in [2.24, 2.45) is 0 Å². The zero-order chi connectivity index (χ0) is 10.3. The number of hydrogen-bond donors (Lipinski definition) is 1. The maximum absolute atomic E-state index is 13.1. The van der Waals surface area contributed by atoms with Crippen LogP contribution in [-0.4, -0.2) is 4.98 Å². The van der Waals surface area contributed by atoms with Gasteiger partial charge in [0, 0.05) is 11.5 Å². The molecule has 72 valence electrons. The fourth-order valence-corrected chi connectivity index (χ4v) is 1.65. The lowest BCUT2D eigenvalue weighted by atomic mass is 10.1. The van der Waals surface area contributed by atoms with Gasteiger partial charge in [-0.1, -0.05) is 11.6 Å². The SMILES string of the molecule is Cc1cc(=O)[nH]c2c(Cl)c(F)ccc12. The van der Waals surface area contributed by atoms with Crippen molar-refractivity contribution < 1.29 is 4.39 Å². The largest absolute Gasteiger partial charge is 0.321 e. The van der Waals surface area contributed by atoms with Gasteiger partial charge in [-0.3, -0.25) is 4.79 Å². The highest BCUT2D eigenvalue weighted by atomic mass is 35.5. The lowest BCUT2D eigenvalue weighted by Gasteiger charge is -2.03. The minimum absolute atomic E-state index is 0.0386. The van der Waals surface area contributed by atoms with E-state index in [0.717, 1.165) is 10.9 Å². The first-order chi connectivity index (χ1) is 6.59. The quantitative estimate of drug-likeness (QED) is 0.714. The first-order valence-corrected chi connectivity index (χ1v) is 4.45. The molecule has 0 amide bonds. The Morgan fingerprint density at radius 2 is 2.14 bits per heavy atom. The van der Waals surface area contributed by atoms with Crippen molar-refractivity contribution in [1.29, 1.82) is 0 Å². The summed E-state index contributed by atoms with van der Waals surface area (Å²) in [5.41, 5.74) is 0.866. The molecule has 0 aliphatic heterocycles. The second-order valence-electron chi connectivity index (χ2n) is 3.10. The van der Waals surface area contributed by atoms with Gasteiger partial charge in [-0.15, -0.1) is 0 Å². The molecule has 0 fully saturated rings. The Kier molecular flexibility index (Phi) is 2.04. The average molecular weight is 212 g/mol. The Morgan fingerprint density at radius 3 is 2.86 bits per heavy atom. The van der Waals surface area contributed by atoms with Gasteiger partial charge < -0.3 is 4.98 Å². The van der Waals surface area contributed by atoms with Gasteiger partial charge in [-0.25, -0.2) is 4.39 Å². The molecule has 4 heteroatoms. The summed E-state index contributed by atoms with van der Waals surface area (Å²) in [6.07, 6.45) is 0. The van der Waals surface area contributed by atoms with Crippen molar-refractivity contribution in [3.63, 3.8) is 0 Å². The van der Waals surface area contributed by atoms with E-state index in [9.17, 15) is 9.18 Å². The van der Waals surface area contributed by atoms with Crippen LogP contribution in [0.1, 0.15) is 5.56 Å². The van der Waals surface area contributed by atoms with E-state index in [1.807, 2.05) is 0 Å². The van der Waals surface area contributed by atoms with Crippen LogP contribution in [0.2, 0.25) is 5.02 Å². The standard InChI is InChI=1S/C10H7ClFNO/c1-5-4-8(14)13-10-6(5)2-3-7(12)9(10)11/h2-4H,1H3,(H,13,14). The molecule has 0 atom stereocenters. The number of benzene rings is 1. The van der Waals surface area contributed by atoms with E-state index < -0.39 is 5.82 Å². The Labute approximate surface area is 84.3 Å². The number of hydrogen-bond acceptors (Lipinski definition) is 1. The van der Waals surface area contributed by atoms with Crippen molar-refractivity contribution in [3.8, 4) is 0 Å². The first-order valence-electron chi connectivity index (χ1n) is 4.07. The molecule has 0 saturated carbocycles. The van der Waals surface area contributed by atoms with Crippen LogP contribution in [0.15, 0.2) is 23.0 Å². The number of H-pyrrole nitrogens is 1. The third-order valence-electron chi connectivity index (χ3n) is 2.12. The number of aryl methyl sites for hydroxylation is 1. The van der Waals surface area contributed by atoms with Crippen LogP contribution in [-0.2, 0) is 0 Å². The summed E-state index contributed by atoms with van der Waals surface area (Å²) in [6, 6.07) is 4.34. The third kappa shape index (κ3) is 1.30. The second kappa shape index (κ2) is 3.10. The molecule has 0 radical (unpaired) electrons. The van der Waals surface area contributed by atoms with Gasteiger partial charge in [-0.05, 0) is 24.6 Å². The van der Waals surface area contributed by atoms with E-state index in [0.29, 0.717) is 5.52 Å². The van der Waals surface area contributed by atoms with Crippen LogP contribution in [0, 0.1) is 12.7 Å². The molecule has 14 heavy (non-hydrogen) atoms. The molecule has 2 nitrogen and oxygen atoms in total. The number of nitrogens with one attached hydrogen (secondary N) is 1. The molecule has 0 aliphatic carbocycles. The Balaban J connectivity index is 3.02. The minimum atomic E-state index is -0.527. The Hall–Kier alpha value is -1.35. The zero-order valence-electron chi connectivity index (χ0n) is 7.40. The topological polar surface area (TPSA) is 32.9 Å². The van der Waals surface area contributed by atoms with Crippen molar-refractivity contribution in [2.75, 3.05) is 0 Å². The molecule has 1 N–H and O–H groups in total. The Morgan fingerprint density at radius 1 is 1.43 bits per heavy atom. The molecule has 1 aromatic heterocycles. The number of fused-ring (bicyclic) bond motifs is 1. The normalized spacial score (nSPS) is 10.8. The molecule has 2 aromatic rings. The molecule has 0 bridgehead atoms. The predicted octanol–water partition coefficient (Wildman–Crippen LogP) is 2.63.